The van der Waals surface area contributed by atoms with Crippen LogP contribution in [0.1, 0.15) is 13.8 Å². The minimum absolute atomic E-state index is 0.0973. The van der Waals surface area contributed by atoms with E-state index in [0.717, 1.165) is 11.4 Å². The van der Waals surface area contributed by atoms with Crippen molar-refractivity contribution in [2.24, 2.45) is 4.99 Å². The first-order valence-electron chi connectivity index (χ1n) is 8.33. The molecule has 0 aromatic heterocycles. The third-order valence-electron chi connectivity index (χ3n) is 4.05. The molecule has 1 unspecified atom stereocenters. The summed E-state index contributed by atoms with van der Waals surface area (Å²) in [6.45, 7) is 4.77. The Labute approximate surface area is 162 Å². The predicted molar refractivity (Wildman–Crippen MR) is 107 cm³/mol. The van der Waals surface area contributed by atoms with Crippen LogP contribution in [0.5, 0.6) is 0 Å². The van der Waals surface area contributed by atoms with Crippen LogP contribution in [0.25, 0.3) is 0 Å². The first-order chi connectivity index (χ1) is 12.5. The van der Waals surface area contributed by atoms with E-state index in [2.05, 4.69) is 11.9 Å². The van der Waals surface area contributed by atoms with Gasteiger partial charge in [-0.2, -0.15) is 0 Å². The molecule has 1 aliphatic rings. The Hall–Kier alpha value is -2.24. The fourth-order valence-corrected chi connectivity index (χ4v) is 3.17. The number of benzene rings is 2. The lowest BCUT2D eigenvalue weighted by atomic mass is 10.2. The molecule has 2 aromatic rings. The van der Waals surface area contributed by atoms with E-state index in [4.69, 9.17) is 27.9 Å². The minimum atomic E-state index is -0.616. The Balaban J connectivity index is 2.03. The highest BCUT2D eigenvalue weighted by molar-refractivity contribution is 6.31. The van der Waals surface area contributed by atoms with E-state index in [0.29, 0.717) is 22.5 Å². The molecule has 3 rings (SSSR count). The molecule has 0 radical (unpaired) electrons. The van der Waals surface area contributed by atoms with Gasteiger partial charge < -0.3 is 14.5 Å². The maximum Gasteiger partial charge on any atom is 0.436 e. The van der Waals surface area contributed by atoms with Crippen LogP contribution < -0.4 is 9.80 Å². The number of carbonyl (C=O) groups is 1. The summed E-state index contributed by atoms with van der Waals surface area (Å²) in [5.41, 5.74) is 1.81. The highest BCUT2D eigenvalue weighted by atomic mass is 35.5. The molecule has 1 aliphatic heterocycles. The molecule has 7 heteroatoms. The zero-order valence-electron chi connectivity index (χ0n) is 14.5. The van der Waals surface area contributed by atoms with Crippen molar-refractivity contribution in [1.29, 1.82) is 0 Å². The topological polar surface area (TPSA) is 45.1 Å². The van der Waals surface area contributed by atoms with Crippen molar-refractivity contribution in [1.82, 2.24) is 0 Å². The van der Waals surface area contributed by atoms with Crippen LogP contribution in [0.15, 0.2) is 53.5 Å². The van der Waals surface area contributed by atoms with E-state index in [9.17, 15) is 4.79 Å². The smallest absolute Gasteiger partial charge is 0.436 e. The molecular formula is C19H19Cl2N3O2. The fourth-order valence-electron chi connectivity index (χ4n) is 2.92. The molecule has 1 fully saturated rings. The number of guanidine groups is 1. The Kier molecular flexibility index (Phi) is 5.69. The summed E-state index contributed by atoms with van der Waals surface area (Å²) >= 11 is 12.0. The lowest BCUT2D eigenvalue weighted by Crippen LogP contribution is -2.36. The second-order valence-electron chi connectivity index (χ2n) is 5.89. The van der Waals surface area contributed by atoms with Crippen molar-refractivity contribution in [3.63, 3.8) is 0 Å². The molecule has 5 nitrogen and oxygen atoms in total. The SMILES string of the molecule is CCOC(=O)N=C1N(c2ccc(Cl)cc2)CC(C)N1c1ccc(Cl)cc1. The van der Waals surface area contributed by atoms with Gasteiger partial charge in [-0.15, -0.1) is 4.99 Å². The summed E-state index contributed by atoms with van der Waals surface area (Å²) in [7, 11) is 0. The van der Waals surface area contributed by atoms with Crippen molar-refractivity contribution in [2.75, 3.05) is 23.0 Å². The maximum absolute atomic E-state index is 12.1. The lowest BCUT2D eigenvalue weighted by Gasteiger charge is -2.24. The second kappa shape index (κ2) is 7.98. The molecule has 1 saturated heterocycles. The van der Waals surface area contributed by atoms with E-state index in [-0.39, 0.29) is 12.6 Å². The van der Waals surface area contributed by atoms with Gasteiger partial charge in [0.1, 0.15) is 0 Å². The monoisotopic (exact) mass is 391 g/mol. The van der Waals surface area contributed by atoms with E-state index in [1.807, 2.05) is 58.3 Å². The van der Waals surface area contributed by atoms with Gasteiger partial charge in [-0.3, -0.25) is 0 Å². The Morgan fingerprint density at radius 3 is 2.15 bits per heavy atom. The van der Waals surface area contributed by atoms with Gasteiger partial charge in [0.25, 0.3) is 0 Å². The average molecular weight is 392 g/mol. The fraction of sp³-hybridized carbons (Fsp3) is 0.263. The molecule has 0 N–H and O–H groups in total. The van der Waals surface area contributed by atoms with Gasteiger partial charge in [0.05, 0.1) is 12.6 Å². The summed E-state index contributed by atoms with van der Waals surface area (Å²) in [5.74, 6) is 0.514. The quantitative estimate of drug-likeness (QED) is 0.719. The van der Waals surface area contributed by atoms with Gasteiger partial charge in [-0.1, -0.05) is 23.2 Å². The number of aliphatic imine (C=N–C) groups is 1. The van der Waals surface area contributed by atoms with Crippen LogP contribution in [0, 0.1) is 0 Å². The Morgan fingerprint density at radius 2 is 1.62 bits per heavy atom. The maximum atomic E-state index is 12.1. The van der Waals surface area contributed by atoms with E-state index >= 15 is 0 Å². The summed E-state index contributed by atoms with van der Waals surface area (Å²) in [6.07, 6.45) is -0.616. The first-order valence-corrected chi connectivity index (χ1v) is 9.08. The highest BCUT2D eigenvalue weighted by Crippen LogP contribution is 2.30. The van der Waals surface area contributed by atoms with E-state index in [1.54, 1.807) is 6.92 Å². The summed E-state index contributed by atoms with van der Waals surface area (Å²) in [6, 6.07) is 15.0. The predicted octanol–water partition coefficient (Wildman–Crippen LogP) is 5.22. The van der Waals surface area contributed by atoms with Crippen LogP contribution in [0.4, 0.5) is 16.2 Å². The third-order valence-corrected chi connectivity index (χ3v) is 4.55. The highest BCUT2D eigenvalue weighted by Gasteiger charge is 2.35. The van der Waals surface area contributed by atoms with E-state index < -0.39 is 6.09 Å². The first kappa shape index (κ1) is 18.5. The molecule has 26 heavy (non-hydrogen) atoms. The number of hydrogen-bond acceptors (Lipinski definition) is 2. The summed E-state index contributed by atoms with van der Waals surface area (Å²) in [4.78, 5) is 20.3. The van der Waals surface area contributed by atoms with Crippen molar-refractivity contribution < 1.29 is 9.53 Å². The average Bonchev–Trinajstić information content (AvgIpc) is 2.93. The number of anilines is 2. The molecule has 0 bridgehead atoms. The van der Waals surface area contributed by atoms with Crippen LogP contribution in [0.3, 0.4) is 0 Å². The van der Waals surface area contributed by atoms with Crippen molar-refractivity contribution in [3.8, 4) is 0 Å². The molecule has 1 heterocycles. The van der Waals surface area contributed by atoms with Gasteiger partial charge in [0, 0.05) is 28.0 Å². The van der Waals surface area contributed by atoms with Crippen LogP contribution >= 0.6 is 23.2 Å². The largest absolute Gasteiger partial charge is 0.448 e. The molecule has 2 aromatic carbocycles. The number of rotatable bonds is 3. The molecule has 1 amide bonds. The molecule has 1 atom stereocenters. The van der Waals surface area contributed by atoms with Crippen molar-refractivity contribution >= 4 is 46.6 Å². The number of nitrogens with zero attached hydrogens (tertiary/aromatic N) is 3. The number of ether oxygens (including phenoxy) is 1. The van der Waals surface area contributed by atoms with Gasteiger partial charge in [-0.25, -0.2) is 4.79 Å². The molecule has 0 aliphatic carbocycles. The van der Waals surface area contributed by atoms with Gasteiger partial charge in [0.2, 0.25) is 5.96 Å². The van der Waals surface area contributed by atoms with Crippen molar-refractivity contribution in [3.05, 3.63) is 58.6 Å². The summed E-state index contributed by atoms with van der Waals surface area (Å²) < 4.78 is 5.02. The zero-order valence-corrected chi connectivity index (χ0v) is 16.0. The van der Waals surface area contributed by atoms with Gasteiger partial charge in [-0.05, 0) is 62.4 Å². The van der Waals surface area contributed by atoms with Crippen LogP contribution in [-0.2, 0) is 4.74 Å². The molecule has 0 spiro atoms. The number of carbonyl (C=O) groups excluding carboxylic acids is 1. The number of amides is 1. The van der Waals surface area contributed by atoms with Crippen molar-refractivity contribution in [2.45, 2.75) is 19.9 Å². The van der Waals surface area contributed by atoms with Crippen LogP contribution in [0.2, 0.25) is 10.0 Å². The van der Waals surface area contributed by atoms with Gasteiger partial charge >= 0.3 is 6.09 Å². The lowest BCUT2D eigenvalue weighted by molar-refractivity contribution is 0.163. The molecule has 136 valence electrons. The molecule has 0 saturated carbocycles. The summed E-state index contributed by atoms with van der Waals surface area (Å²) in [5, 5.41) is 1.30. The Morgan fingerprint density at radius 1 is 1.08 bits per heavy atom. The number of hydrogen-bond donors (Lipinski definition) is 0. The molecular weight excluding hydrogens is 373 g/mol. The zero-order chi connectivity index (χ0) is 18.7. The van der Waals surface area contributed by atoms with E-state index in [1.165, 1.54) is 0 Å². The van der Waals surface area contributed by atoms with Crippen LogP contribution in [-0.4, -0.2) is 31.2 Å². The standard InChI is InChI=1S/C19H19Cl2N3O2/c1-3-26-19(25)22-18-23(16-8-4-14(20)5-9-16)12-13(2)24(18)17-10-6-15(21)7-11-17/h4-11,13H,3,12H2,1-2H3. The Bertz CT molecular complexity index is 807. The third kappa shape index (κ3) is 3.94. The second-order valence-corrected chi connectivity index (χ2v) is 6.77. The normalized spacial score (nSPS) is 18.5. The van der Waals surface area contributed by atoms with Gasteiger partial charge in [0.15, 0.2) is 0 Å². The number of halogens is 2. The minimum Gasteiger partial charge on any atom is -0.448 e.